The Morgan fingerprint density at radius 3 is 2.16 bits per heavy atom. The van der Waals surface area contributed by atoms with Gasteiger partial charge in [0, 0.05) is 5.56 Å². The van der Waals surface area contributed by atoms with Crippen molar-refractivity contribution in [2.75, 3.05) is 6.61 Å². The summed E-state index contributed by atoms with van der Waals surface area (Å²) in [6.07, 6.45) is 0. The van der Waals surface area contributed by atoms with Gasteiger partial charge in [-0.25, -0.2) is 4.99 Å². The molecule has 0 aliphatic carbocycles. The summed E-state index contributed by atoms with van der Waals surface area (Å²) in [5.41, 5.74) is 3.82. The van der Waals surface area contributed by atoms with Crippen LogP contribution in [0.5, 0.6) is 5.75 Å². The molecule has 0 heterocycles. The van der Waals surface area contributed by atoms with E-state index in [4.69, 9.17) is 4.74 Å². The first-order valence-electron chi connectivity index (χ1n) is 8.19. The van der Waals surface area contributed by atoms with Gasteiger partial charge in [-0.15, -0.1) is 0 Å². The van der Waals surface area contributed by atoms with Crippen LogP contribution in [0.25, 0.3) is 0 Å². The smallest absolute Gasteiger partial charge is 0.149 e. The second-order valence-electron chi connectivity index (χ2n) is 5.57. The lowest BCUT2D eigenvalue weighted by molar-refractivity contribution is 0.370. The van der Waals surface area contributed by atoms with Gasteiger partial charge in [0.15, 0.2) is 0 Å². The summed E-state index contributed by atoms with van der Waals surface area (Å²) in [7, 11) is 0. The molecule has 0 saturated carbocycles. The molecule has 2 heteroatoms. The number of aryl methyl sites for hydroxylation is 1. The van der Waals surface area contributed by atoms with E-state index in [1.807, 2.05) is 84.9 Å². The minimum absolute atomic E-state index is 0.323. The number of nitrogens with zero attached hydrogens (tertiary/aromatic N) is 1. The molecule has 0 fully saturated rings. The Kier molecular flexibility index (Phi) is 5.64. The molecule has 2 nitrogen and oxygen atoms in total. The highest BCUT2D eigenvalue weighted by molar-refractivity contribution is 6.14. The summed E-state index contributed by atoms with van der Waals surface area (Å²) < 4.78 is 5.67. The second kappa shape index (κ2) is 8.52. The van der Waals surface area contributed by atoms with Crippen LogP contribution in [0.3, 0.4) is 0 Å². The highest BCUT2D eigenvalue weighted by Crippen LogP contribution is 2.13. The largest absolute Gasteiger partial charge is 0.481 e. The van der Waals surface area contributed by atoms with Crippen molar-refractivity contribution in [3.8, 4) is 17.6 Å². The lowest BCUT2D eigenvalue weighted by atomic mass is 10.1. The monoisotopic (exact) mass is 325 g/mol. The van der Waals surface area contributed by atoms with E-state index in [9.17, 15) is 0 Å². The van der Waals surface area contributed by atoms with Crippen molar-refractivity contribution in [2.24, 2.45) is 4.99 Å². The Hall–Kier alpha value is -3.31. The quantitative estimate of drug-likeness (QED) is 0.477. The Bertz CT molecular complexity index is 886. The maximum atomic E-state index is 5.67. The average molecular weight is 325 g/mol. The lowest BCUT2D eigenvalue weighted by Gasteiger charge is -2.02. The lowest BCUT2D eigenvalue weighted by Crippen LogP contribution is -1.99. The first-order valence-corrected chi connectivity index (χ1v) is 8.19. The van der Waals surface area contributed by atoms with Crippen molar-refractivity contribution < 1.29 is 4.74 Å². The fourth-order valence-electron chi connectivity index (χ4n) is 2.27. The predicted molar refractivity (Wildman–Crippen MR) is 104 cm³/mol. The van der Waals surface area contributed by atoms with E-state index < -0.39 is 0 Å². The van der Waals surface area contributed by atoms with E-state index in [-0.39, 0.29) is 0 Å². The number of para-hydroxylation sites is 1. The van der Waals surface area contributed by atoms with Crippen molar-refractivity contribution in [1.29, 1.82) is 0 Å². The van der Waals surface area contributed by atoms with Gasteiger partial charge in [-0.05, 0) is 37.1 Å². The van der Waals surface area contributed by atoms with Crippen molar-refractivity contribution in [3.05, 3.63) is 96.1 Å². The molecule has 0 radical (unpaired) electrons. The van der Waals surface area contributed by atoms with Crippen LogP contribution in [-0.2, 0) is 0 Å². The first-order chi connectivity index (χ1) is 12.3. The van der Waals surface area contributed by atoms with E-state index in [1.165, 1.54) is 5.56 Å². The standard InChI is InChI=1S/C23H19NO/c1-19-14-16-22(17-15-19)25-18-8-13-23(20-9-4-2-5-10-20)24-21-11-6-3-7-12-21/h2-7,9-12,14-17H,18H2,1H3. The summed E-state index contributed by atoms with van der Waals surface area (Å²) in [5, 5.41) is 0. The minimum atomic E-state index is 0.323. The Balaban J connectivity index is 1.77. The number of ether oxygens (including phenoxy) is 1. The molecule has 0 N–H and O–H groups in total. The fraction of sp³-hybridized carbons (Fsp3) is 0.0870. The molecule has 0 aromatic heterocycles. The van der Waals surface area contributed by atoms with Gasteiger partial charge in [0.1, 0.15) is 18.1 Å². The number of hydrogen-bond acceptors (Lipinski definition) is 2. The Labute approximate surface area is 148 Å². The number of aliphatic imine (C=N–C) groups is 1. The van der Waals surface area contributed by atoms with Gasteiger partial charge >= 0.3 is 0 Å². The zero-order valence-electron chi connectivity index (χ0n) is 14.1. The van der Waals surface area contributed by atoms with Crippen LogP contribution in [0.1, 0.15) is 11.1 Å². The number of rotatable bonds is 4. The van der Waals surface area contributed by atoms with Crippen LogP contribution in [0, 0.1) is 18.8 Å². The van der Waals surface area contributed by atoms with Gasteiger partial charge < -0.3 is 4.74 Å². The third-order valence-electron chi connectivity index (χ3n) is 3.58. The molecular formula is C23H19NO. The van der Waals surface area contributed by atoms with Crippen LogP contribution >= 0.6 is 0 Å². The Morgan fingerprint density at radius 2 is 1.48 bits per heavy atom. The highest BCUT2D eigenvalue weighted by atomic mass is 16.5. The van der Waals surface area contributed by atoms with Gasteiger partial charge in [-0.3, -0.25) is 0 Å². The number of hydrogen-bond donors (Lipinski definition) is 0. The molecule has 0 aliphatic rings. The van der Waals surface area contributed by atoms with E-state index in [0.717, 1.165) is 22.7 Å². The van der Waals surface area contributed by atoms with Crippen molar-refractivity contribution in [3.63, 3.8) is 0 Å². The number of benzene rings is 3. The second-order valence-corrected chi connectivity index (χ2v) is 5.57. The molecule has 3 aromatic rings. The van der Waals surface area contributed by atoms with Gasteiger partial charge in [0.25, 0.3) is 0 Å². The molecule has 3 rings (SSSR count). The molecule has 0 unspecified atom stereocenters. The molecule has 25 heavy (non-hydrogen) atoms. The molecule has 0 atom stereocenters. The average Bonchev–Trinajstić information content (AvgIpc) is 2.67. The predicted octanol–water partition coefficient (Wildman–Crippen LogP) is 5.20. The molecule has 0 bridgehead atoms. The highest BCUT2D eigenvalue weighted by Gasteiger charge is 2.00. The summed E-state index contributed by atoms with van der Waals surface area (Å²) in [6.45, 7) is 2.37. The summed E-state index contributed by atoms with van der Waals surface area (Å²) in [5.74, 6) is 7.03. The molecular weight excluding hydrogens is 306 g/mol. The van der Waals surface area contributed by atoms with Gasteiger partial charge in [0.2, 0.25) is 0 Å². The molecule has 0 saturated heterocycles. The minimum Gasteiger partial charge on any atom is -0.481 e. The van der Waals surface area contributed by atoms with Crippen molar-refractivity contribution >= 4 is 11.4 Å². The maximum Gasteiger partial charge on any atom is 0.149 e. The van der Waals surface area contributed by atoms with E-state index >= 15 is 0 Å². The van der Waals surface area contributed by atoms with Crippen LogP contribution < -0.4 is 4.74 Å². The maximum absolute atomic E-state index is 5.67. The van der Waals surface area contributed by atoms with Crippen molar-refractivity contribution in [1.82, 2.24) is 0 Å². The third kappa shape index (κ3) is 5.09. The molecule has 3 aromatic carbocycles. The molecule has 0 amide bonds. The SMILES string of the molecule is Cc1ccc(OCC#CC(=Nc2ccccc2)c2ccccc2)cc1. The third-order valence-corrected chi connectivity index (χ3v) is 3.58. The van der Waals surface area contributed by atoms with Crippen LogP contribution in [-0.4, -0.2) is 12.3 Å². The zero-order chi connectivity index (χ0) is 17.3. The summed E-state index contributed by atoms with van der Waals surface area (Å²) in [4.78, 5) is 4.67. The molecule has 0 aliphatic heterocycles. The van der Waals surface area contributed by atoms with Gasteiger partial charge in [0.05, 0.1) is 5.69 Å². The van der Waals surface area contributed by atoms with Crippen LogP contribution in [0.15, 0.2) is 89.9 Å². The zero-order valence-corrected chi connectivity index (χ0v) is 14.1. The van der Waals surface area contributed by atoms with E-state index in [2.05, 4.69) is 23.8 Å². The van der Waals surface area contributed by atoms with Crippen LogP contribution in [0.4, 0.5) is 5.69 Å². The normalized spacial score (nSPS) is 10.7. The van der Waals surface area contributed by atoms with Crippen molar-refractivity contribution in [2.45, 2.75) is 6.92 Å². The first kappa shape index (κ1) is 16.5. The van der Waals surface area contributed by atoms with Crippen LogP contribution in [0.2, 0.25) is 0 Å². The van der Waals surface area contributed by atoms with Gasteiger partial charge in [-0.1, -0.05) is 72.1 Å². The summed E-state index contributed by atoms with van der Waals surface area (Å²) >= 11 is 0. The van der Waals surface area contributed by atoms with Gasteiger partial charge in [-0.2, -0.15) is 0 Å². The summed E-state index contributed by atoms with van der Waals surface area (Å²) in [6, 6.07) is 27.8. The van der Waals surface area contributed by atoms with E-state index in [0.29, 0.717) is 6.61 Å². The Morgan fingerprint density at radius 1 is 0.840 bits per heavy atom. The molecule has 122 valence electrons. The van der Waals surface area contributed by atoms with E-state index in [1.54, 1.807) is 0 Å². The molecule has 0 spiro atoms. The topological polar surface area (TPSA) is 21.6 Å². The fourth-order valence-corrected chi connectivity index (χ4v) is 2.27.